The van der Waals surface area contributed by atoms with E-state index in [0.717, 1.165) is 5.01 Å². The van der Waals surface area contributed by atoms with Crippen molar-refractivity contribution in [1.29, 1.82) is 0 Å². The molecular weight excluding hydrogens is 393 g/mol. The van der Waals surface area contributed by atoms with Gasteiger partial charge in [-0.3, -0.25) is 14.3 Å². The Morgan fingerprint density at radius 1 is 1.21 bits per heavy atom. The number of halogens is 1. The third kappa shape index (κ3) is 5.05. The molecule has 1 aromatic carbocycles. The summed E-state index contributed by atoms with van der Waals surface area (Å²) in [5.41, 5.74) is 0.692. The number of thiazole rings is 1. The van der Waals surface area contributed by atoms with Crippen LogP contribution >= 0.6 is 11.3 Å². The maximum absolute atomic E-state index is 14.4. The average Bonchev–Trinajstić information content (AvgIpc) is 3.25. The topological polar surface area (TPSA) is 88.9 Å². The van der Waals surface area contributed by atoms with Crippen molar-refractivity contribution < 1.29 is 14.0 Å². The van der Waals surface area contributed by atoms with Gasteiger partial charge in [0, 0.05) is 24.5 Å². The van der Waals surface area contributed by atoms with Gasteiger partial charge in [0.2, 0.25) is 0 Å². The molecule has 0 aliphatic heterocycles. The fraction of sp³-hybridized carbons (Fsp3) is 0.300. The van der Waals surface area contributed by atoms with Crippen LogP contribution < -0.4 is 10.6 Å². The lowest BCUT2D eigenvalue weighted by molar-refractivity contribution is 0.101. The molecule has 0 bridgehead atoms. The number of nitrogens with zero attached hydrogens (tertiary/aromatic N) is 3. The molecule has 2 heterocycles. The lowest BCUT2D eigenvalue weighted by atomic mass is 10.1. The Balaban J connectivity index is 1.78. The Labute approximate surface area is 172 Å². The predicted molar refractivity (Wildman–Crippen MR) is 111 cm³/mol. The number of amides is 2. The van der Waals surface area contributed by atoms with Crippen molar-refractivity contribution in [3.05, 3.63) is 57.4 Å². The first-order valence-electron chi connectivity index (χ1n) is 9.11. The van der Waals surface area contributed by atoms with E-state index >= 15 is 0 Å². The highest BCUT2D eigenvalue weighted by atomic mass is 32.1. The first-order chi connectivity index (χ1) is 13.7. The zero-order chi connectivity index (χ0) is 21.1. The molecule has 3 rings (SSSR count). The van der Waals surface area contributed by atoms with Crippen molar-refractivity contribution in [2.45, 2.75) is 34.2 Å². The Morgan fingerprint density at radius 3 is 2.62 bits per heavy atom. The van der Waals surface area contributed by atoms with E-state index < -0.39 is 11.7 Å². The van der Waals surface area contributed by atoms with Gasteiger partial charge in [-0.15, -0.1) is 11.3 Å². The molecule has 0 saturated heterocycles. The number of carbonyl (C=O) groups excluding carboxylic acids is 2. The van der Waals surface area contributed by atoms with Crippen LogP contribution in [-0.4, -0.2) is 26.6 Å². The summed E-state index contributed by atoms with van der Waals surface area (Å²) >= 11 is 1.26. The quantitative estimate of drug-likeness (QED) is 0.630. The summed E-state index contributed by atoms with van der Waals surface area (Å²) < 4.78 is 16.1. The average molecular weight is 415 g/mol. The summed E-state index contributed by atoms with van der Waals surface area (Å²) in [4.78, 5) is 29.4. The third-order valence-corrected chi connectivity index (χ3v) is 5.00. The van der Waals surface area contributed by atoms with Crippen molar-refractivity contribution in [3.63, 3.8) is 0 Å². The van der Waals surface area contributed by atoms with E-state index in [-0.39, 0.29) is 11.5 Å². The van der Waals surface area contributed by atoms with E-state index in [9.17, 15) is 14.0 Å². The largest absolute Gasteiger partial charge is 0.321 e. The number of aryl methyl sites for hydroxylation is 2. The number of hydrogen-bond donors (Lipinski definition) is 2. The van der Waals surface area contributed by atoms with E-state index in [2.05, 4.69) is 34.6 Å². The molecule has 2 aromatic heterocycles. The minimum atomic E-state index is -0.673. The van der Waals surface area contributed by atoms with Crippen LogP contribution in [0, 0.1) is 25.6 Å². The maximum Gasteiger partial charge on any atom is 0.267 e. The second-order valence-electron chi connectivity index (χ2n) is 7.12. The molecule has 3 aromatic rings. The summed E-state index contributed by atoms with van der Waals surface area (Å²) in [6, 6.07) is 4.21. The van der Waals surface area contributed by atoms with Gasteiger partial charge in [0.05, 0.1) is 16.8 Å². The van der Waals surface area contributed by atoms with Crippen LogP contribution in [0.4, 0.5) is 15.9 Å². The SMILES string of the molecule is Cc1ncc(C(=O)Nc2cc(C(=O)Nc3ccn(CC(C)C)n3)c(F)cc2C)s1. The van der Waals surface area contributed by atoms with Crippen LogP contribution in [0.5, 0.6) is 0 Å². The van der Waals surface area contributed by atoms with Gasteiger partial charge in [0.1, 0.15) is 10.7 Å². The molecule has 29 heavy (non-hydrogen) atoms. The fourth-order valence-corrected chi connectivity index (χ4v) is 3.39. The molecule has 7 nitrogen and oxygen atoms in total. The number of anilines is 2. The molecule has 0 saturated carbocycles. The van der Waals surface area contributed by atoms with E-state index in [1.54, 1.807) is 30.8 Å². The first-order valence-corrected chi connectivity index (χ1v) is 9.93. The Bertz CT molecular complexity index is 1060. The second-order valence-corrected chi connectivity index (χ2v) is 8.35. The molecule has 0 atom stereocenters. The molecule has 9 heteroatoms. The molecule has 2 N–H and O–H groups in total. The standard InChI is InChI=1S/C20H22FN5O2S/c1-11(2)10-26-6-5-18(25-26)24-19(27)14-8-16(12(3)7-15(14)21)23-20(28)17-9-22-13(4)29-17/h5-9,11H,10H2,1-4H3,(H,23,28)(H,24,25,27). The van der Waals surface area contributed by atoms with Crippen LogP contribution in [0.2, 0.25) is 0 Å². The highest BCUT2D eigenvalue weighted by molar-refractivity contribution is 7.13. The summed E-state index contributed by atoms with van der Waals surface area (Å²) in [5.74, 6) is -0.929. The van der Waals surface area contributed by atoms with Crippen molar-refractivity contribution in [3.8, 4) is 0 Å². The zero-order valence-electron chi connectivity index (χ0n) is 16.6. The Hall–Kier alpha value is -3.07. The van der Waals surface area contributed by atoms with Gasteiger partial charge in [0.25, 0.3) is 11.8 Å². The minimum Gasteiger partial charge on any atom is -0.321 e. The van der Waals surface area contributed by atoms with Gasteiger partial charge < -0.3 is 10.6 Å². The Kier molecular flexibility index (Phi) is 6.07. The molecule has 152 valence electrons. The number of nitrogens with one attached hydrogen (secondary N) is 2. The minimum absolute atomic E-state index is 0.176. The molecule has 2 amide bonds. The predicted octanol–water partition coefficient (Wildman–Crippen LogP) is 4.26. The van der Waals surface area contributed by atoms with Gasteiger partial charge in [-0.1, -0.05) is 13.8 Å². The summed E-state index contributed by atoms with van der Waals surface area (Å²) in [6.45, 7) is 8.29. The number of aromatic nitrogens is 3. The number of hydrogen-bond acceptors (Lipinski definition) is 5. The molecule has 0 unspecified atom stereocenters. The summed E-state index contributed by atoms with van der Waals surface area (Å²) in [7, 11) is 0. The highest BCUT2D eigenvalue weighted by Gasteiger charge is 2.18. The lowest BCUT2D eigenvalue weighted by Gasteiger charge is -2.11. The van der Waals surface area contributed by atoms with Gasteiger partial charge in [0.15, 0.2) is 5.82 Å². The van der Waals surface area contributed by atoms with E-state index in [0.29, 0.717) is 34.4 Å². The van der Waals surface area contributed by atoms with Gasteiger partial charge >= 0.3 is 0 Å². The van der Waals surface area contributed by atoms with Crippen LogP contribution in [-0.2, 0) is 6.54 Å². The van der Waals surface area contributed by atoms with Gasteiger partial charge in [-0.2, -0.15) is 5.10 Å². The number of benzene rings is 1. The number of carbonyl (C=O) groups is 2. The van der Waals surface area contributed by atoms with Crippen molar-refractivity contribution in [2.75, 3.05) is 10.6 Å². The fourth-order valence-electron chi connectivity index (χ4n) is 2.72. The molecule has 0 aliphatic carbocycles. The molecule has 0 aliphatic rings. The Morgan fingerprint density at radius 2 is 1.97 bits per heavy atom. The second kappa shape index (κ2) is 8.52. The van der Waals surface area contributed by atoms with Crippen LogP contribution in [0.25, 0.3) is 0 Å². The molecular formula is C20H22FN5O2S. The van der Waals surface area contributed by atoms with Crippen molar-refractivity contribution in [1.82, 2.24) is 14.8 Å². The van der Waals surface area contributed by atoms with E-state index in [4.69, 9.17) is 0 Å². The number of rotatable bonds is 6. The van der Waals surface area contributed by atoms with E-state index in [1.165, 1.54) is 29.7 Å². The highest BCUT2D eigenvalue weighted by Crippen LogP contribution is 2.23. The normalized spacial score (nSPS) is 11.0. The van der Waals surface area contributed by atoms with Gasteiger partial charge in [-0.25, -0.2) is 9.37 Å². The maximum atomic E-state index is 14.4. The lowest BCUT2D eigenvalue weighted by Crippen LogP contribution is -2.17. The van der Waals surface area contributed by atoms with Crippen LogP contribution in [0.1, 0.15) is 44.4 Å². The smallest absolute Gasteiger partial charge is 0.267 e. The van der Waals surface area contributed by atoms with Crippen LogP contribution in [0.3, 0.4) is 0 Å². The van der Waals surface area contributed by atoms with Crippen molar-refractivity contribution in [2.24, 2.45) is 5.92 Å². The van der Waals surface area contributed by atoms with E-state index in [1.807, 2.05) is 0 Å². The van der Waals surface area contributed by atoms with Crippen LogP contribution in [0.15, 0.2) is 30.6 Å². The monoisotopic (exact) mass is 415 g/mol. The molecule has 0 fully saturated rings. The molecule has 0 radical (unpaired) electrons. The summed E-state index contributed by atoms with van der Waals surface area (Å²) in [6.07, 6.45) is 3.24. The van der Waals surface area contributed by atoms with Crippen molar-refractivity contribution >= 4 is 34.7 Å². The summed E-state index contributed by atoms with van der Waals surface area (Å²) in [5, 5.41) is 10.3. The third-order valence-electron chi connectivity index (χ3n) is 4.09. The zero-order valence-corrected chi connectivity index (χ0v) is 17.4. The first kappa shape index (κ1) is 20.7. The molecule has 0 spiro atoms. The van der Waals surface area contributed by atoms with Gasteiger partial charge in [-0.05, 0) is 37.5 Å².